The SMILES string of the molecule is CCOC1(CC=O)CCCN(C)CC1. The van der Waals surface area contributed by atoms with Crippen LogP contribution in [0.15, 0.2) is 0 Å². The Kier molecular flexibility index (Phi) is 4.55. The number of likely N-dealkylation sites (tertiary alicyclic amines) is 1. The summed E-state index contributed by atoms with van der Waals surface area (Å²) in [7, 11) is 2.13. The van der Waals surface area contributed by atoms with Crippen molar-refractivity contribution < 1.29 is 9.53 Å². The van der Waals surface area contributed by atoms with Gasteiger partial charge in [0.1, 0.15) is 6.29 Å². The normalized spacial score (nSPS) is 29.9. The molecule has 1 aliphatic heterocycles. The molecule has 1 fully saturated rings. The lowest BCUT2D eigenvalue weighted by molar-refractivity contribution is -0.116. The molecule has 0 aromatic heterocycles. The molecule has 0 bridgehead atoms. The van der Waals surface area contributed by atoms with Crippen molar-refractivity contribution in [2.24, 2.45) is 0 Å². The lowest BCUT2D eigenvalue weighted by atomic mass is 9.91. The zero-order valence-corrected chi connectivity index (χ0v) is 9.29. The van der Waals surface area contributed by atoms with E-state index in [4.69, 9.17) is 4.74 Å². The van der Waals surface area contributed by atoms with Gasteiger partial charge in [0.25, 0.3) is 0 Å². The minimum Gasteiger partial charge on any atom is -0.375 e. The molecule has 0 N–H and O–H groups in total. The molecule has 3 heteroatoms. The minimum atomic E-state index is -0.165. The number of hydrogen-bond donors (Lipinski definition) is 0. The number of rotatable bonds is 4. The number of hydrogen-bond acceptors (Lipinski definition) is 3. The topological polar surface area (TPSA) is 29.5 Å². The Bertz CT molecular complexity index is 184. The van der Waals surface area contributed by atoms with E-state index in [1.807, 2.05) is 6.92 Å². The van der Waals surface area contributed by atoms with Gasteiger partial charge in [-0.2, -0.15) is 0 Å². The number of carbonyl (C=O) groups is 1. The van der Waals surface area contributed by atoms with Crippen molar-refractivity contribution in [2.75, 3.05) is 26.7 Å². The number of carbonyl (C=O) groups excluding carboxylic acids is 1. The quantitative estimate of drug-likeness (QED) is 0.642. The Labute approximate surface area is 86.4 Å². The number of aldehydes is 1. The van der Waals surface area contributed by atoms with Crippen LogP contribution in [-0.2, 0) is 9.53 Å². The van der Waals surface area contributed by atoms with Gasteiger partial charge in [-0.05, 0) is 39.8 Å². The first kappa shape index (κ1) is 11.7. The van der Waals surface area contributed by atoms with Gasteiger partial charge in [0.05, 0.1) is 5.60 Å². The lowest BCUT2D eigenvalue weighted by Gasteiger charge is -2.30. The summed E-state index contributed by atoms with van der Waals surface area (Å²) in [6.45, 7) is 4.86. The van der Waals surface area contributed by atoms with Crippen LogP contribution in [-0.4, -0.2) is 43.5 Å². The van der Waals surface area contributed by atoms with Gasteiger partial charge >= 0.3 is 0 Å². The van der Waals surface area contributed by atoms with Gasteiger partial charge in [0.15, 0.2) is 0 Å². The van der Waals surface area contributed by atoms with Crippen LogP contribution >= 0.6 is 0 Å². The zero-order chi connectivity index (χ0) is 10.4. The fraction of sp³-hybridized carbons (Fsp3) is 0.909. The van der Waals surface area contributed by atoms with E-state index in [0.29, 0.717) is 13.0 Å². The van der Waals surface area contributed by atoms with E-state index in [1.54, 1.807) is 0 Å². The highest BCUT2D eigenvalue weighted by Crippen LogP contribution is 2.28. The summed E-state index contributed by atoms with van der Waals surface area (Å²) in [5, 5.41) is 0. The molecule has 0 saturated carbocycles. The van der Waals surface area contributed by atoms with E-state index in [1.165, 1.54) is 0 Å². The predicted octanol–water partition coefficient (Wildman–Crippen LogP) is 1.47. The molecule has 1 atom stereocenters. The molecule has 1 aliphatic rings. The van der Waals surface area contributed by atoms with E-state index < -0.39 is 0 Å². The predicted molar refractivity (Wildman–Crippen MR) is 56.4 cm³/mol. The molecular weight excluding hydrogens is 178 g/mol. The Morgan fingerprint density at radius 3 is 2.86 bits per heavy atom. The van der Waals surface area contributed by atoms with Gasteiger partial charge in [0, 0.05) is 19.6 Å². The van der Waals surface area contributed by atoms with E-state index in [0.717, 1.165) is 38.6 Å². The highest BCUT2D eigenvalue weighted by molar-refractivity contribution is 5.51. The average Bonchev–Trinajstić information content (AvgIpc) is 2.31. The Hall–Kier alpha value is -0.410. The summed E-state index contributed by atoms with van der Waals surface area (Å²) < 4.78 is 5.78. The average molecular weight is 199 g/mol. The van der Waals surface area contributed by atoms with Crippen LogP contribution < -0.4 is 0 Å². The summed E-state index contributed by atoms with van der Waals surface area (Å²) in [5.74, 6) is 0. The van der Waals surface area contributed by atoms with Gasteiger partial charge in [-0.15, -0.1) is 0 Å². The fourth-order valence-corrected chi connectivity index (χ4v) is 2.17. The molecule has 1 unspecified atom stereocenters. The summed E-state index contributed by atoms with van der Waals surface area (Å²) >= 11 is 0. The summed E-state index contributed by atoms with van der Waals surface area (Å²) in [6.07, 6.45) is 4.68. The van der Waals surface area contributed by atoms with Crippen molar-refractivity contribution in [1.82, 2.24) is 4.90 Å². The second kappa shape index (κ2) is 5.47. The summed E-state index contributed by atoms with van der Waals surface area (Å²) in [6, 6.07) is 0. The van der Waals surface area contributed by atoms with Crippen LogP contribution in [0.4, 0.5) is 0 Å². The maximum Gasteiger partial charge on any atom is 0.122 e. The van der Waals surface area contributed by atoms with E-state index in [2.05, 4.69) is 11.9 Å². The van der Waals surface area contributed by atoms with Crippen LogP contribution in [0.5, 0.6) is 0 Å². The Morgan fingerprint density at radius 2 is 2.21 bits per heavy atom. The summed E-state index contributed by atoms with van der Waals surface area (Å²) in [5.41, 5.74) is -0.165. The third-order valence-electron chi connectivity index (χ3n) is 3.03. The van der Waals surface area contributed by atoms with Crippen LogP contribution in [0.1, 0.15) is 32.6 Å². The first-order valence-electron chi connectivity index (χ1n) is 5.48. The Morgan fingerprint density at radius 1 is 1.43 bits per heavy atom. The van der Waals surface area contributed by atoms with Crippen molar-refractivity contribution in [2.45, 2.75) is 38.2 Å². The molecule has 14 heavy (non-hydrogen) atoms. The monoisotopic (exact) mass is 199 g/mol. The van der Waals surface area contributed by atoms with Gasteiger partial charge in [-0.25, -0.2) is 0 Å². The Balaban J connectivity index is 2.59. The van der Waals surface area contributed by atoms with E-state index in [-0.39, 0.29) is 5.60 Å². The molecule has 1 saturated heterocycles. The largest absolute Gasteiger partial charge is 0.375 e. The van der Waals surface area contributed by atoms with Crippen LogP contribution in [0.3, 0.4) is 0 Å². The van der Waals surface area contributed by atoms with Gasteiger partial charge in [0.2, 0.25) is 0 Å². The summed E-state index contributed by atoms with van der Waals surface area (Å²) in [4.78, 5) is 13.0. The van der Waals surface area contributed by atoms with Crippen molar-refractivity contribution in [1.29, 1.82) is 0 Å². The van der Waals surface area contributed by atoms with Gasteiger partial charge in [-0.1, -0.05) is 0 Å². The van der Waals surface area contributed by atoms with Crippen LogP contribution in [0, 0.1) is 0 Å². The molecule has 0 amide bonds. The van der Waals surface area contributed by atoms with Gasteiger partial charge < -0.3 is 14.4 Å². The molecule has 0 aliphatic carbocycles. The second-order valence-electron chi connectivity index (χ2n) is 4.14. The van der Waals surface area contributed by atoms with Crippen molar-refractivity contribution >= 4 is 6.29 Å². The maximum absolute atomic E-state index is 10.7. The van der Waals surface area contributed by atoms with Crippen molar-refractivity contribution in [3.63, 3.8) is 0 Å². The highest BCUT2D eigenvalue weighted by Gasteiger charge is 2.31. The molecule has 82 valence electrons. The first-order chi connectivity index (χ1) is 6.72. The standard InChI is InChI=1S/C11H21NO2/c1-3-14-11(7-10-13)5-4-8-12(2)9-6-11/h10H,3-9H2,1-2H3. The highest BCUT2D eigenvalue weighted by atomic mass is 16.5. The van der Waals surface area contributed by atoms with Crippen molar-refractivity contribution in [3.8, 4) is 0 Å². The van der Waals surface area contributed by atoms with Crippen LogP contribution in [0.25, 0.3) is 0 Å². The lowest BCUT2D eigenvalue weighted by Crippen LogP contribution is -2.34. The zero-order valence-electron chi connectivity index (χ0n) is 9.29. The van der Waals surface area contributed by atoms with E-state index in [9.17, 15) is 4.79 Å². The molecule has 0 aromatic rings. The minimum absolute atomic E-state index is 0.165. The fourth-order valence-electron chi connectivity index (χ4n) is 2.17. The van der Waals surface area contributed by atoms with Gasteiger partial charge in [-0.3, -0.25) is 0 Å². The molecule has 0 aromatic carbocycles. The molecular formula is C11H21NO2. The number of ether oxygens (including phenoxy) is 1. The van der Waals surface area contributed by atoms with Crippen LogP contribution in [0.2, 0.25) is 0 Å². The second-order valence-corrected chi connectivity index (χ2v) is 4.14. The molecule has 0 radical (unpaired) electrons. The smallest absolute Gasteiger partial charge is 0.122 e. The molecule has 3 nitrogen and oxygen atoms in total. The van der Waals surface area contributed by atoms with Crippen molar-refractivity contribution in [3.05, 3.63) is 0 Å². The maximum atomic E-state index is 10.7. The molecule has 0 spiro atoms. The third kappa shape index (κ3) is 3.07. The molecule has 1 rings (SSSR count). The number of nitrogens with zero attached hydrogens (tertiary/aromatic N) is 1. The van der Waals surface area contributed by atoms with E-state index >= 15 is 0 Å². The third-order valence-corrected chi connectivity index (χ3v) is 3.03. The molecule has 1 heterocycles. The first-order valence-corrected chi connectivity index (χ1v) is 5.48.